The van der Waals surface area contributed by atoms with Crippen LogP contribution in [-0.2, 0) is 9.47 Å². The molecule has 0 aromatic heterocycles. The van der Waals surface area contributed by atoms with E-state index in [1.165, 1.54) is 0 Å². The molecule has 2 aliphatic rings. The monoisotopic (exact) mass is 440 g/mol. The first-order valence-electron chi connectivity index (χ1n) is 11.2. The van der Waals surface area contributed by atoms with Gasteiger partial charge in [0.2, 0.25) is 0 Å². The van der Waals surface area contributed by atoms with Crippen LogP contribution in [0.5, 0.6) is 5.75 Å². The van der Waals surface area contributed by atoms with E-state index in [1.54, 1.807) is 12.1 Å². The van der Waals surface area contributed by atoms with Gasteiger partial charge in [0.25, 0.3) is 0 Å². The molecule has 0 radical (unpaired) electrons. The molecule has 0 amide bonds. The number of halogens is 2. The zero-order valence-corrected chi connectivity index (χ0v) is 18.2. The minimum absolute atomic E-state index is 0.174. The number of ether oxygens (including phenoxy) is 3. The Morgan fingerprint density at radius 3 is 2.97 bits per heavy atom. The van der Waals surface area contributed by atoms with Crippen molar-refractivity contribution in [3.05, 3.63) is 24.3 Å². The Kier molecular flexibility index (Phi) is 9.61. The molecule has 2 aliphatic heterocycles. The summed E-state index contributed by atoms with van der Waals surface area (Å²) in [6.07, 6.45) is 4.20. The number of guanidine groups is 1. The fourth-order valence-electron chi connectivity index (χ4n) is 3.87. The van der Waals surface area contributed by atoms with Gasteiger partial charge in [0.1, 0.15) is 5.75 Å². The molecule has 31 heavy (non-hydrogen) atoms. The molecule has 0 aliphatic carbocycles. The summed E-state index contributed by atoms with van der Waals surface area (Å²) in [5.41, 5.74) is 0.692. The third kappa shape index (κ3) is 7.81. The SMILES string of the molecule is CCNC(=NCCCOCC1CCCO1)NC1CCN(c2ccccc2OC(F)F)C1. The molecule has 1 aromatic rings. The molecular weight excluding hydrogens is 406 g/mol. The third-order valence-electron chi connectivity index (χ3n) is 5.34. The van der Waals surface area contributed by atoms with E-state index in [9.17, 15) is 8.78 Å². The lowest BCUT2D eigenvalue weighted by Gasteiger charge is -2.22. The van der Waals surface area contributed by atoms with Gasteiger partial charge >= 0.3 is 6.61 Å². The average molecular weight is 441 g/mol. The highest BCUT2D eigenvalue weighted by atomic mass is 19.3. The van der Waals surface area contributed by atoms with Crippen LogP contribution >= 0.6 is 0 Å². The van der Waals surface area contributed by atoms with Gasteiger partial charge in [0.05, 0.1) is 18.4 Å². The quantitative estimate of drug-likeness (QED) is 0.313. The van der Waals surface area contributed by atoms with Crippen molar-refractivity contribution in [2.45, 2.75) is 51.4 Å². The highest BCUT2D eigenvalue weighted by Crippen LogP contribution is 2.31. The highest BCUT2D eigenvalue weighted by Gasteiger charge is 2.26. The van der Waals surface area contributed by atoms with Gasteiger partial charge in [-0.3, -0.25) is 4.99 Å². The molecule has 0 bridgehead atoms. The first-order chi connectivity index (χ1) is 15.2. The Morgan fingerprint density at radius 2 is 2.19 bits per heavy atom. The zero-order valence-electron chi connectivity index (χ0n) is 18.2. The van der Waals surface area contributed by atoms with Crippen LogP contribution in [-0.4, -0.2) is 70.7 Å². The number of para-hydroxylation sites is 2. The second kappa shape index (κ2) is 12.7. The number of benzene rings is 1. The van der Waals surface area contributed by atoms with Crippen LogP contribution < -0.4 is 20.3 Å². The Labute approximate surface area is 183 Å². The molecule has 2 unspecified atom stereocenters. The molecule has 3 rings (SSSR count). The normalized spacial score (nSPS) is 21.7. The zero-order chi connectivity index (χ0) is 21.9. The molecule has 7 nitrogen and oxygen atoms in total. The number of alkyl halides is 2. The maximum Gasteiger partial charge on any atom is 0.387 e. The number of hydrogen-bond donors (Lipinski definition) is 2. The minimum Gasteiger partial charge on any atom is -0.433 e. The van der Waals surface area contributed by atoms with E-state index in [2.05, 4.69) is 25.3 Å². The summed E-state index contributed by atoms with van der Waals surface area (Å²) in [5, 5.41) is 6.73. The van der Waals surface area contributed by atoms with Gasteiger partial charge in [0.15, 0.2) is 5.96 Å². The first-order valence-corrected chi connectivity index (χ1v) is 11.2. The van der Waals surface area contributed by atoms with Crippen LogP contribution in [0.4, 0.5) is 14.5 Å². The summed E-state index contributed by atoms with van der Waals surface area (Å²) in [4.78, 5) is 6.71. The van der Waals surface area contributed by atoms with E-state index in [4.69, 9.17) is 9.47 Å². The average Bonchev–Trinajstić information content (AvgIpc) is 3.43. The predicted molar refractivity (Wildman–Crippen MR) is 117 cm³/mol. The lowest BCUT2D eigenvalue weighted by atomic mass is 10.2. The van der Waals surface area contributed by atoms with Gasteiger partial charge < -0.3 is 29.7 Å². The van der Waals surface area contributed by atoms with Crippen molar-refractivity contribution in [3.8, 4) is 5.75 Å². The van der Waals surface area contributed by atoms with E-state index in [1.807, 2.05) is 19.1 Å². The molecule has 2 atom stereocenters. The molecule has 2 fully saturated rings. The largest absolute Gasteiger partial charge is 0.433 e. The van der Waals surface area contributed by atoms with Gasteiger partial charge in [-0.05, 0) is 44.7 Å². The van der Waals surface area contributed by atoms with Crippen molar-refractivity contribution in [1.29, 1.82) is 0 Å². The molecule has 174 valence electrons. The minimum atomic E-state index is -2.83. The van der Waals surface area contributed by atoms with Gasteiger partial charge in [-0.1, -0.05) is 12.1 Å². The summed E-state index contributed by atoms with van der Waals surface area (Å²) < 4.78 is 41.3. The molecule has 1 aromatic carbocycles. The number of rotatable bonds is 11. The van der Waals surface area contributed by atoms with Crippen molar-refractivity contribution in [1.82, 2.24) is 10.6 Å². The van der Waals surface area contributed by atoms with Crippen LogP contribution in [0.1, 0.15) is 32.6 Å². The molecule has 2 N–H and O–H groups in total. The summed E-state index contributed by atoms with van der Waals surface area (Å²) >= 11 is 0. The third-order valence-corrected chi connectivity index (χ3v) is 5.34. The topological polar surface area (TPSA) is 67.4 Å². The standard InChI is InChI=1S/C22H34F2N4O3/c1-2-25-22(26-11-6-13-29-16-18-7-5-14-30-18)27-17-10-12-28(15-17)19-8-3-4-9-20(19)31-21(23)24/h3-4,8-9,17-18,21H,2,5-7,10-16H2,1H3,(H2,25,26,27). The van der Waals surface area contributed by atoms with Crippen molar-refractivity contribution in [3.63, 3.8) is 0 Å². The Bertz CT molecular complexity index is 686. The second-order valence-electron chi connectivity index (χ2n) is 7.75. The van der Waals surface area contributed by atoms with E-state index < -0.39 is 6.61 Å². The molecule has 9 heteroatoms. The molecule has 2 saturated heterocycles. The summed E-state index contributed by atoms with van der Waals surface area (Å²) in [6.45, 7) is 4.26. The highest BCUT2D eigenvalue weighted by molar-refractivity contribution is 5.80. The summed E-state index contributed by atoms with van der Waals surface area (Å²) in [6, 6.07) is 7.10. The van der Waals surface area contributed by atoms with Gasteiger partial charge in [0, 0.05) is 45.4 Å². The second-order valence-corrected chi connectivity index (χ2v) is 7.75. The number of nitrogens with zero attached hydrogens (tertiary/aromatic N) is 2. The fourth-order valence-corrected chi connectivity index (χ4v) is 3.87. The van der Waals surface area contributed by atoms with Crippen LogP contribution in [0, 0.1) is 0 Å². The lowest BCUT2D eigenvalue weighted by molar-refractivity contribution is -0.0495. The molecule has 2 heterocycles. The summed E-state index contributed by atoms with van der Waals surface area (Å²) in [5.74, 6) is 0.979. The van der Waals surface area contributed by atoms with Crippen molar-refractivity contribution >= 4 is 11.6 Å². The molecular formula is C22H34F2N4O3. The van der Waals surface area contributed by atoms with Gasteiger partial charge in [-0.25, -0.2) is 0 Å². The lowest BCUT2D eigenvalue weighted by Crippen LogP contribution is -2.44. The van der Waals surface area contributed by atoms with Crippen molar-refractivity contribution in [2.24, 2.45) is 4.99 Å². The number of aliphatic imine (C=N–C) groups is 1. The maximum absolute atomic E-state index is 12.7. The first kappa shape index (κ1) is 23.5. The number of anilines is 1. The van der Waals surface area contributed by atoms with Crippen molar-refractivity contribution in [2.75, 3.05) is 50.9 Å². The van der Waals surface area contributed by atoms with Gasteiger partial charge in [-0.15, -0.1) is 0 Å². The Morgan fingerprint density at radius 1 is 1.32 bits per heavy atom. The van der Waals surface area contributed by atoms with Gasteiger partial charge in [-0.2, -0.15) is 8.78 Å². The molecule has 0 saturated carbocycles. The van der Waals surface area contributed by atoms with Crippen LogP contribution in [0.2, 0.25) is 0 Å². The number of hydrogen-bond acceptors (Lipinski definition) is 5. The summed E-state index contributed by atoms with van der Waals surface area (Å²) in [7, 11) is 0. The molecule has 0 spiro atoms. The van der Waals surface area contributed by atoms with Crippen LogP contribution in [0.15, 0.2) is 29.3 Å². The van der Waals surface area contributed by atoms with E-state index in [-0.39, 0.29) is 17.9 Å². The Hall–Kier alpha value is -2.13. The predicted octanol–water partition coefficient (Wildman–Crippen LogP) is 3.01. The maximum atomic E-state index is 12.7. The number of nitrogens with one attached hydrogen (secondary N) is 2. The fraction of sp³-hybridized carbons (Fsp3) is 0.682. The van der Waals surface area contributed by atoms with Crippen LogP contribution in [0.3, 0.4) is 0 Å². The van der Waals surface area contributed by atoms with Crippen molar-refractivity contribution < 1.29 is 23.0 Å². The van der Waals surface area contributed by atoms with E-state index >= 15 is 0 Å². The van der Waals surface area contributed by atoms with E-state index in [0.717, 1.165) is 51.3 Å². The smallest absolute Gasteiger partial charge is 0.387 e. The van der Waals surface area contributed by atoms with Crippen LogP contribution in [0.25, 0.3) is 0 Å². The Balaban J connectivity index is 1.43. The van der Waals surface area contributed by atoms with E-state index in [0.29, 0.717) is 32.0 Å².